The van der Waals surface area contributed by atoms with Gasteiger partial charge in [-0.2, -0.15) is 0 Å². The van der Waals surface area contributed by atoms with Gasteiger partial charge in [-0.1, -0.05) is 11.6 Å². The number of likely N-dealkylation sites (tertiary alicyclic amines) is 1. The van der Waals surface area contributed by atoms with Gasteiger partial charge >= 0.3 is 0 Å². The van der Waals surface area contributed by atoms with E-state index in [0.717, 1.165) is 54.3 Å². The minimum atomic E-state index is 0.127. The van der Waals surface area contributed by atoms with Crippen molar-refractivity contribution in [3.8, 4) is 0 Å². The van der Waals surface area contributed by atoms with E-state index in [9.17, 15) is 4.79 Å². The second-order valence-corrected chi connectivity index (χ2v) is 6.86. The first-order valence-corrected chi connectivity index (χ1v) is 8.27. The summed E-state index contributed by atoms with van der Waals surface area (Å²) in [5.41, 5.74) is 3.23. The molecule has 116 valence electrons. The Kier molecular flexibility index (Phi) is 3.51. The van der Waals surface area contributed by atoms with E-state index in [4.69, 9.17) is 0 Å². The Hall–Kier alpha value is -1.65. The lowest BCUT2D eigenvalue weighted by atomic mass is 9.94. The number of rotatable bonds is 2. The predicted molar refractivity (Wildman–Crippen MR) is 89.1 cm³/mol. The summed E-state index contributed by atoms with van der Waals surface area (Å²) < 4.78 is 0. The van der Waals surface area contributed by atoms with Gasteiger partial charge in [0.15, 0.2) is 5.43 Å². The van der Waals surface area contributed by atoms with Crippen LogP contribution in [-0.4, -0.2) is 35.6 Å². The van der Waals surface area contributed by atoms with Crippen molar-refractivity contribution >= 4 is 10.9 Å². The summed E-state index contributed by atoms with van der Waals surface area (Å²) in [6.45, 7) is 6.25. The van der Waals surface area contributed by atoms with E-state index in [-0.39, 0.29) is 5.43 Å². The fourth-order valence-corrected chi connectivity index (χ4v) is 4.01. The zero-order chi connectivity index (χ0) is 15.1. The van der Waals surface area contributed by atoms with Gasteiger partial charge in [0.2, 0.25) is 0 Å². The molecule has 0 aliphatic carbocycles. The van der Waals surface area contributed by atoms with Crippen molar-refractivity contribution < 1.29 is 0 Å². The second kappa shape index (κ2) is 5.52. The molecule has 2 aliphatic heterocycles. The summed E-state index contributed by atoms with van der Waals surface area (Å²) in [6.07, 6.45) is 2.63. The Morgan fingerprint density at radius 3 is 3.05 bits per heavy atom. The molecule has 4 heteroatoms. The van der Waals surface area contributed by atoms with Crippen LogP contribution in [0, 0.1) is 12.8 Å². The maximum absolute atomic E-state index is 12.3. The lowest BCUT2D eigenvalue weighted by Crippen LogP contribution is -2.40. The van der Waals surface area contributed by atoms with Gasteiger partial charge in [-0.05, 0) is 44.4 Å². The van der Waals surface area contributed by atoms with Crippen molar-refractivity contribution in [1.29, 1.82) is 0 Å². The molecule has 2 N–H and O–H groups in total. The molecule has 0 saturated carbocycles. The van der Waals surface area contributed by atoms with Gasteiger partial charge in [0, 0.05) is 48.3 Å². The number of fused-ring (bicyclic) bond motifs is 2. The van der Waals surface area contributed by atoms with E-state index in [1.807, 2.05) is 19.1 Å². The predicted octanol–water partition coefficient (Wildman–Crippen LogP) is 2.02. The molecule has 4 rings (SSSR count). The van der Waals surface area contributed by atoms with Crippen molar-refractivity contribution in [2.45, 2.75) is 32.4 Å². The second-order valence-electron chi connectivity index (χ2n) is 6.86. The van der Waals surface area contributed by atoms with Crippen LogP contribution in [0.4, 0.5) is 0 Å². The van der Waals surface area contributed by atoms with Crippen LogP contribution in [0.1, 0.15) is 24.1 Å². The quantitative estimate of drug-likeness (QED) is 0.891. The molecule has 0 spiro atoms. The molecular formula is C18H23N3O. The molecule has 1 aromatic carbocycles. The van der Waals surface area contributed by atoms with Gasteiger partial charge in [-0.15, -0.1) is 0 Å². The molecule has 3 heterocycles. The largest absolute Gasteiger partial charge is 0.357 e. The molecule has 22 heavy (non-hydrogen) atoms. The first-order chi connectivity index (χ1) is 10.7. The first kappa shape index (κ1) is 14.0. The van der Waals surface area contributed by atoms with Crippen molar-refractivity contribution in [2.75, 3.05) is 19.6 Å². The fraction of sp³-hybridized carbons (Fsp3) is 0.500. The monoisotopic (exact) mass is 297 g/mol. The Morgan fingerprint density at radius 1 is 1.27 bits per heavy atom. The SMILES string of the molecule is Cc1ccc2[nH]c(CN3C[C@H]4CCCN[C@H]4C3)cc(=O)c2c1. The standard InChI is InChI=1S/C18H23N3O/c1-12-4-5-16-15(7-12)18(22)8-14(20-16)10-21-9-13-3-2-6-19-17(13)11-21/h4-5,7-8,13,17,19H,2-3,6,9-11H2,1H3,(H,20,22)/t13-,17+/m1/s1. The van der Waals surface area contributed by atoms with E-state index in [1.54, 1.807) is 6.07 Å². The minimum absolute atomic E-state index is 0.127. The first-order valence-electron chi connectivity index (χ1n) is 8.27. The van der Waals surface area contributed by atoms with Crippen LogP contribution in [0.5, 0.6) is 0 Å². The molecular weight excluding hydrogens is 274 g/mol. The van der Waals surface area contributed by atoms with Crippen molar-refractivity contribution in [2.24, 2.45) is 5.92 Å². The summed E-state index contributed by atoms with van der Waals surface area (Å²) in [6, 6.07) is 8.45. The third-order valence-corrected chi connectivity index (χ3v) is 5.11. The highest BCUT2D eigenvalue weighted by atomic mass is 16.1. The van der Waals surface area contributed by atoms with Crippen LogP contribution >= 0.6 is 0 Å². The van der Waals surface area contributed by atoms with E-state index >= 15 is 0 Å². The van der Waals surface area contributed by atoms with E-state index in [2.05, 4.69) is 21.3 Å². The minimum Gasteiger partial charge on any atom is -0.357 e. The number of aromatic amines is 1. The average molecular weight is 297 g/mol. The smallest absolute Gasteiger partial charge is 0.189 e. The molecule has 0 unspecified atom stereocenters. The number of nitrogens with one attached hydrogen (secondary N) is 2. The van der Waals surface area contributed by atoms with Crippen molar-refractivity contribution in [3.05, 3.63) is 45.7 Å². The number of benzene rings is 1. The van der Waals surface area contributed by atoms with Crippen molar-refractivity contribution in [1.82, 2.24) is 15.2 Å². The third kappa shape index (κ3) is 2.57. The number of pyridine rings is 1. The summed E-state index contributed by atoms with van der Waals surface area (Å²) in [7, 11) is 0. The van der Waals surface area contributed by atoms with Gasteiger partial charge in [0.1, 0.15) is 0 Å². The Labute approximate surface area is 130 Å². The van der Waals surface area contributed by atoms with Gasteiger partial charge < -0.3 is 10.3 Å². The lowest BCUT2D eigenvalue weighted by Gasteiger charge is -2.24. The summed E-state index contributed by atoms with van der Waals surface area (Å²) in [4.78, 5) is 18.2. The number of hydrogen-bond donors (Lipinski definition) is 2. The van der Waals surface area contributed by atoms with E-state index in [1.165, 1.54) is 12.8 Å². The molecule has 0 bridgehead atoms. The molecule has 2 atom stereocenters. The Balaban J connectivity index is 1.57. The van der Waals surface area contributed by atoms with Gasteiger partial charge in [0.25, 0.3) is 0 Å². The van der Waals surface area contributed by atoms with Crippen LogP contribution in [0.15, 0.2) is 29.1 Å². The maximum Gasteiger partial charge on any atom is 0.189 e. The summed E-state index contributed by atoms with van der Waals surface area (Å²) >= 11 is 0. The number of hydrogen-bond acceptors (Lipinski definition) is 3. The zero-order valence-electron chi connectivity index (χ0n) is 13.1. The highest BCUT2D eigenvalue weighted by molar-refractivity contribution is 5.79. The topological polar surface area (TPSA) is 48.1 Å². The molecule has 4 nitrogen and oxygen atoms in total. The molecule has 1 aromatic heterocycles. The number of H-pyrrole nitrogens is 1. The molecule has 0 radical (unpaired) electrons. The summed E-state index contributed by atoms with van der Waals surface area (Å²) in [5.74, 6) is 0.781. The Morgan fingerprint density at radius 2 is 2.18 bits per heavy atom. The van der Waals surface area contributed by atoms with Crippen LogP contribution < -0.4 is 10.7 Å². The van der Waals surface area contributed by atoms with Crippen molar-refractivity contribution in [3.63, 3.8) is 0 Å². The molecule has 2 saturated heterocycles. The highest BCUT2D eigenvalue weighted by Crippen LogP contribution is 2.25. The van der Waals surface area contributed by atoms with Crippen LogP contribution in [-0.2, 0) is 6.54 Å². The Bertz CT molecular complexity index is 738. The van der Waals surface area contributed by atoms with Gasteiger partial charge in [-0.25, -0.2) is 0 Å². The third-order valence-electron chi connectivity index (χ3n) is 5.11. The number of aromatic nitrogens is 1. The summed E-state index contributed by atoms with van der Waals surface area (Å²) in [5, 5.41) is 4.42. The maximum atomic E-state index is 12.3. The average Bonchev–Trinajstić information content (AvgIpc) is 2.90. The fourth-order valence-electron chi connectivity index (χ4n) is 4.01. The zero-order valence-corrected chi connectivity index (χ0v) is 13.1. The number of aryl methyl sites for hydroxylation is 1. The highest BCUT2D eigenvalue weighted by Gasteiger charge is 2.34. The molecule has 2 fully saturated rings. The van der Waals surface area contributed by atoms with Crippen LogP contribution in [0.2, 0.25) is 0 Å². The van der Waals surface area contributed by atoms with Crippen LogP contribution in [0.3, 0.4) is 0 Å². The van der Waals surface area contributed by atoms with Crippen LogP contribution in [0.25, 0.3) is 10.9 Å². The van der Waals surface area contributed by atoms with E-state index in [0.29, 0.717) is 6.04 Å². The number of nitrogens with zero attached hydrogens (tertiary/aromatic N) is 1. The van der Waals surface area contributed by atoms with E-state index < -0.39 is 0 Å². The molecule has 2 aliphatic rings. The normalized spacial score (nSPS) is 25.5. The van der Waals surface area contributed by atoms with Gasteiger partial charge in [0.05, 0.1) is 0 Å². The van der Waals surface area contributed by atoms with Gasteiger partial charge in [-0.3, -0.25) is 9.69 Å². The number of piperidine rings is 1. The molecule has 2 aromatic rings. The lowest BCUT2D eigenvalue weighted by molar-refractivity contribution is 0.309. The molecule has 0 amide bonds.